The van der Waals surface area contributed by atoms with Crippen LogP contribution in [0.3, 0.4) is 0 Å². The summed E-state index contributed by atoms with van der Waals surface area (Å²) in [6.45, 7) is 2.81. The minimum atomic E-state index is -0.635. The SMILES string of the molecule is COc1cccc(CNC(=O)c2cc(-c3nnn(CCC45CCC(C(=O)O)(CC4)CC5)n3)cc(C)n2)c1. The van der Waals surface area contributed by atoms with Gasteiger partial charge >= 0.3 is 5.97 Å². The predicted molar refractivity (Wildman–Crippen MR) is 135 cm³/mol. The first-order valence-electron chi connectivity index (χ1n) is 12.7. The van der Waals surface area contributed by atoms with E-state index in [4.69, 9.17) is 4.74 Å². The summed E-state index contributed by atoms with van der Waals surface area (Å²) in [5, 5.41) is 25.6. The molecule has 37 heavy (non-hydrogen) atoms. The number of ether oxygens (including phenoxy) is 1. The molecule has 0 radical (unpaired) electrons. The molecule has 3 aliphatic carbocycles. The van der Waals surface area contributed by atoms with Gasteiger partial charge in [0.15, 0.2) is 0 Å². The van der Waals surface area contributed by atoms with E-state index in [-0.39, 0.29) is 11.3 Å². The average molecular weight is 505 g/mol. The van der Waals surface area contributed by atoms with Gasteiger partial charge in [-0.2, -0.15) is 4.80 Å². The molecule has 2 bridgehead atoms. The lowest BCUT2D eigenvalue weighted by atomic mass is 9.53. The van der Waals surface area contributed by atoms with Gasteiger partial charge in [-0.1, -0.05) is 12.1 Å². The standard InChI is InChI=1S/C27H32N6O4/c1-18-14-20(16-22(29-18)24(34)28-17-19-4-3-5-21(15-19)37-2)23-30-32-33(31-23)13-12-26-6-9-27(10-7-26,11-8-26)25(35)36/h3-5,14-16H,6-13,17H2,1-2H3,(H,28,34)(H,35,36). The zero-order valence-corrected chi connectivity index (χ0v) is 21.2. The largest absolute Gasteiger partial charge is 0.497 e. The molecule has 10 nitrogen and oxygen atoms in total. The number of amides is 1. The number of nitrogens with zero attached hydrogens (tertiary/aromatic N) is 5. The van der Waals surface area contributed by atoms with Gasteiger partial charge in [0.25, 0.3) is 5.91 Å². The molecule has 6 rings (SSSR count). The Morgan fingerprint density at radius 1 is 1.11 bits per heavy atom. The van der Waals surface area contributed by atoms with Gasteiger partial charge in [0.1, 0.15) is 11.4 Å². The van der Waals surface area contributed by atoms with E-state index in [1.165, 1.54) is 0 Å². The van der Waals surface area contributed by atoms with Crippen LogP contribution in [0.25, 0.3) is 11.4 Å². The lowest BCUT2D eigenvalue weighted by Crippen LogP contribution is -2.46. The number of rotatable bonds is 9. The molecule has 2 heterocycles. The van der Waals surface area contributed by atoms with Crippen LogP contribution in [0.1, 0.15) is 66.7 Å². The Morgan fingerprint density at radius 2 is 1.86 bits per heavy atom. The van der Waals surface area contributed by atoms with Crippen molar-refractivity contribution in [3.8, 4) is 17.1 Å². The average Bonchev–Trinajstić information content (AvgIpc) is 3.41. The molecule has 1 amide bonds. The van der Waals surface area contributed by atoms with Gasteiger partial charge in [0, 0.05) is 17.8 Å². The van der Waals surface area contributed by atoms with Crippen molar-refractivity contribution < 1.29 is 19.4 Å². The van der Waals surface area contributed by atoms with Gasteiger partial charge in [0.05, 0.1) is 19.1 Å². The number of hydrogen-bond acceptors (Lipinski definition) is 7. The van der Waals surface area contributed by atoms with Crippen molar-refractivity contribution in [3.63, 3.8) is 0 Å². The molecule has 2 N–H and O–H groups in total. The number of pyridine rings is 1. The third-order valence-corrected chi connectivity index (χ3v) is 8.18. The van der Waals surface area contributed by atoms with Crippen LogP contribution in [-0.4, -0.2) is 49.3 Å². The highest BCUT2D eigenvalue weighted by atomic mass is 16.5. The number of aliphatic carboxylic acids is 1. The van der Waals surface area contributed by atoms with E-state index in [0.29, 0.717) is 35.9 Å². The van der Waals surface area contributed by atoms with Crippen molar-refractivity contribution in [1.29, 1.82) is 0 Å². The zero-order chi connectivity index (χ0) is 26.0. The minimum Gasteiger partial charge on any atom is -0.497 e. The van der Waals surface area contributed by atoms with Gasteiger partial charge in [-0.3, -0.25) is 9.59 Å². The fraction of sp³-hybridized carbons (Fsp3) is 0.481. The fourth-order valence-corrected chi connectivity index (χ4v) is 5.72. The second-order valence-electron chi connectivity index (χ2n) is 10.5. The maximum absolute atomic E-state index is 12.8. The quantitative estimate of drug-likeness (QED) is 0.450. The Balaban J connectivity index is 1.22. The van der Waals surface area contributed by atoms with Crippen molar-refractivity contribution in [1.82, 2.24) is 30.5 Å². The van der Waals surface area contributed by atoms with Crippen molar-refractivity contribution in [2.45, 2.75) is 65.0 Å². The number of carbonyl (C=O) groups is 2. The van der Waals surface area contributed by atoms with Gasteiger partial charge in [-0.15, -0.1) is 10.2 Å². The van der Waals surface area contributed by atoms with E-state index >= 15 is 0 Å². The number of tetrazole rings is 1. The molecule has 0 atom stereocenters. The van der Waals surface area contributed by atoms with Crippen LogP contribution in [-0.2, 0) is 17.9 Å². The Morgan fingerprint density at radius 3 is 2.57 bits per heavy atom. The third kappa shape index (κ3) is 5.19. The molecule has 3 saturated carbocycles. The summed E-state index contributed by atoms with van der Waals surface area (Å²) in [5.74, 6) is 0.259. The Kier molecular flexibility index (Phi) is 6.66. The Hall–Kier alpha value is -3.82. The van der Waals surface area contributed by atoms with E-state index < -0.39 is 11.4 Å². The maximum atomic E-state index is 12.8. The normalized spacial score (nSPS) is 22.5. The molecule has 194 valence electrons. The van der Waals surface area contributed by atoms with Crippen LogP contribution >= 0.6 is 0 Å². The van der Waals surface area contributed by atoms with Gasteiger partial charge < -0.3 is 15.2 Å². The predicted octanol–water partition coefficient (Wildman–Crippen LogP) is 3.80. The van der Waals surface area contributed by atoms with Gasteiger partial charge in [0.2, 0.25) is 5.82 Å². The number of carbonyl (C=O) groups excluding carboxylic acids is 1. The monoisotopic (exact) mass is 504 g/mol. The van der Waals surface area contributed by atoms with Crippen molar-refractivity contribution in [2.24, 2.45) is 10.8 Å². The summed E-state index contributed by atoms with van der Waals surface area (Å²) in [6, 6.07) is 11.1. The number of aromatic nitrogens is 5. The van der Waals surface area contributed by atoms with Crippen LogP contribution in [0.15, 0.2) is 36.4 Å². The number of nitrogens with one attached hydrogen (secondary N) is 1. The highest BCUT2D eigenvalue weighted by molar-refractivity contribution is 5.93. The summed E-state index contributed by atoms with van der Waals surface area (Å²) >= 11 is 0. The number of carboxylic acids is 1. The molecule has 0 spiro atoms. The smallest absolute Gasteiger partial charge is 0.309 e. The third-order valence-electron chi connectivity index (χ3n) is 8.18. The van der Waals surface area contributed by atoms with Crippen LogP contribution in [0.5, 0.6) is 5.75 Å². The lowest BCUT2D eigenvalue weighted by molar-refractivity contribution is -0.159. The van der Waals surface area contributed by atoms with E-state index in [1.54, 1.807) is 18.0 Å². The first kappa shape index (κ1) is 24.9. The van der Waals surface area contributed by atoms with E-state index in [0.717, 1.165) is 56.3 Å². The molecular weight excluding hydrogens is 472 g/mol. The number of aryl methyl sites for hydroxylation is 2. The molecule has 0 unspecified atom stereocenters. The lowest BCUT2D eigenvalue weighted by Gasteiger charge is -2.51. The molecular formula is C27H32N6O4. The molecule has 3 aromatic rings. The first-order chi connectivity index (χ1) is 17.8. The van der Waals surface area contributed by atoms with Crippen LogP contribution in [0.4, 0.5) is 0 Å². The van der Waals surface area contributed by atoms with Crippen molar-refractivity contribution in [2.75, 3.05) is 7.11 Å². The second kappa shape index (κ2) is 9.91. The summed E-state index contributed by atoms with van der Waals surface area (Å²) in [7, 11) is 1.61. The van der Waals surface area contributed by atoms with Gasteiger partial charge in [-0.05, 0) is 92.3 Å². The number of fused-ring (bicyclic) bond motifs is 3. The van der Waals surface area contributed by atoms with Crippen molar-refractivity contribution in [3.05, 3.63) is 53.3 Å². The van der Waals surface area contributed by atoms with Crippen LogP contribution < -0.4 is 10.1 Å². The van der Waals surface area contributed by atoms with Gasteiger partial charge in [-0.25, -0.2) is 4.98 Å². The van der Waals surface area contributed by atoms with E-state index in [2.05, 4.69) is 25.7 Å². The number of carboxylic acid groups (broad SMARTS) is 1. The molecule has 10 heteroatoms. The summed E-state index contributed by atoms with van der Waals surface area (Å²) in [6.07, 6.45) is 6.02. The first-order valence-corrected chi connectivity index (χ1v) is 12.7. The highest BCUT2D eigenvalue weighted by Gasteiger charge is 2.52. The van der Waals surface area contributed by atoms with E-state index in [1.807, 2.05) is 37.3 Å². The molecule has 0 aliphatic heterocycles. The number of benzene rings is 1. The molecule has 0 saturated heterocycles. The molecule has 1 aromatic carbocycles. The summed E-state index contributed by atoms with van der Waals surface area (Å²) < 4.78 is 5.24. The maximum Gasteiger partial charge on any atom is 0.309 e. The minimum absolute atomic E-state index is 0.173. The summed E-state index contributed by atoms with van der Waals surface area (Å²) in [4.78, 5) is 30.5. The second-order valence-corrected chi connectivity index (χ2v) is 10.5. The zero-order valence-electron chi connectivity index (χ0n) is 21.2. The van der Waals surface area contributed by atoms with Crippen LogP contribution in [0, 0.1) is 17.8 Å². The molecule has 3 aliphatic rings. The number of hydrogen-bond donors (Lipinski definition) is 2. The van der Waals surface area contributed by atoms with E-state index in [9.17, 15) is 14.7 Å². The van der Waals surface area contributed by atoms with Crippen molar-refractivity contribution >= 4 is 11.9 Å². The highest BCUT2D eigenvalue weighted by Crippen LogP contribution is 2.58. The summed E-state index contributed by atoms with van der Waals surface area (Å²) in [5.41, 5.74) is 2.26. The number of methoxy groups -OCH3 is 1. The topological polar surface area (TPSA) is 132 Å². The Bertz CT molecular complexity index is 1300. The fourth-order valence-electron chi connectivity index (χ4n) is 5.72. The molecule has 3 fully saturated rings. The Labute approximate surface area is 215 Å². The molecule has 2 aromatic heterocycles. The van der Waals surface area contributed by atoms with Crippen LogP contribution in [0.2, 0.25) is 0 Å².